The fourth-order valence-corrected chi connectivity index (χ4v) is 1.70. The van der Waals surface area contributed by atoms with Gasteiger partial charge in [0.1, 0.15) is 5.71 Å². The Hall–Kier alpha value is -1.71. The molecule has 0 saturated carbocycles. The van der Waals surface area contributed by atoms with E-state index in [9.17, 15) is 8.78 Å². The van der Waals surface area contributed by atoms with Crippen molar-refractivity contribution in [3.8, 4) is 0 Å². The van der Waals surface area contributed by atoms with Crippen LogP contribution >= 0.6 is 0 Å². The van der Waals surface area contributed by atoms with E-state index in [4.69, 9.17) is 4.84 Å². The first-order valence-electron chi connectivity index (χ1n) is 5.92. The molecule has 0 atom stereocenters. The molecule has 2 rings (SSSR count). The minimum atomic E-state index is -2.92. The lowest BCUT2D eigenvalue weighted by atomic mass is 10.1. The van der Waals surface area contributed by atoms with Crippen molar-refractivity contribution in [2.24, 2.45) is 5.16 Å². The Balaban J connectivity index is 2.11. The lowest BCUT2D eigenvalue weighted by Gasteiger charge is -2.17. The Morgan fingerprint density at radius 2 is 1.94 bits per heavy atom. The third kappa shape index (κ3) is 2.75. The summed E-state index contributed by atoms with van der Waals surface area (Å²) in [7, 11) is 0. The van der Waals surface area contributed by atoms with E-state index in [1.54, 1.807) is 6.08 Å². The standard InChI is InChI=1S/C14H15F2NO/c1-3-10-4-6-11(7-5-10)12-8-9-13(17-18-12)14(2,15)16/h4-8H,3,9H2,1-2H3. The van der Waals surface area contributed by atoms with Gasteiger partial charge in [-0.15, -0.1) is 0 Å². The zero-order valence-electron chi connectivity index (χ0n) is 10.4. The highest BCUT2D eigenvalue weighted by Gasteiger charge is 2.31. The Morgan fingerprint density at radius 3 is 2.39 bits per heavy atom. The van der Waals surface area contributed by atoms with Gasteiger partial charge in [0.2, 0.25) is 0 Å². The van der Waals surface area contributed by atoms with Crippen LogP contribution < -0.4 is 0 Å². The van der Waals surface area contributed by atoms with Crippen molar-refractivity contribution in [2.75, 3.05) is 0 Å². The molecule has 0 fully saturated rings. The number of oxime groups is 1. The summed E-state index contributed by atoms with van der Waals surface area (Å²) in [5.41, 5.74) is 1.84. The van der Waals surface area contributed by atoms with Gasteiger partial charge < -0.3 is 4.84 Å². The molecular weight excluding hydrogens is 236 g/mol. The van der Waals surface area contributed by atoms with Crippen molar-refractivity contribution >= 4 is 11.5 Å². The number of allylic oxidation sites excluding steroid dienone is 1. The van der Waals surface area contributed by atoms with Crippen LogP contribution in [0.3, 0.4) is 0 Å². The molecule has 0 radical (unpaired) electrons. The molecule has 0 aromatic heterocycles. The topological polar surface area (TPSA) is 21.6 Å². The molecule has 18 heavy (non-hydrogen) atoms. The fourth-order valence-electron chi connectivity index (χ4n) is 1.70. The molecule has 1 heterocycles. The largest absolute Gasteiger partial charge is 0.357 e. The molecule has 1 aliphatic heterocycles. The quantitative estimate of drug-likeness (QED) is 0.795. The van der Waals surface area contributed by atoms with Crippen LogP contribution in [0.25, 0.3) is 5.76 Å². The highest BCUT2D eigenvalue weighted by molar-refractivity contribution is 5.93. The van der Waals surface area contributed by atoms with Crippen LogP contribution in [0.4, 0.5) is 8.78 Å². The monoisotopic (exact) mass is 251 g/mol. The summed E-state index contributed by atoms with van der Waals surface area (Å²) in [6.45, 7) is 2.90. The number of benzene rings is 1. The first kappa shape index (κ1) is 12.7. The molecule has 96 valence electrons. The first-order valence-corrected chi connectivity index (χ1v) is 5.92. The van der Waals surface area contributed by atoms with Crippen molar-refractivity contribution in [3.63, 3.8) is 0 Å². The molecule has 1 aromatic carbocycles. The minimum Gasteiger partial charge on any atom is -0.357 e. The van der Waals surface area contributed by atoms with Crippen LogP contribution in [0, 0.1) is 0 Å². The number of alkyl halides is 2. The van der Waals surface area contributed by atoms with Gasteiger partial charge in [0, 0.05) is 18.9 Å². The lowest BCUT2D eigenvalue weighted by molar-refractivity contribution is 0.0924. The second-order valence-corrected chi connectivity index (χ2v) is 4.34. The Morgan fingerprint density at radius 1 is 1.28 bits per heavy atom. The van der Waals surface area contributed by atoms with Gasteiger partial charge in [-0.25, -0.2) is 8.78 Å². The zero-order valence-corrected chi connectivity index (χ0v) is 10.4. The summed E-state index contributed by atoms with van der Waals surface area (Å²) >= 11 is 0. The van der Waals surface area contributed by atoms with Crippen molar-refractivity contribution < 1.29 is 13.6 Å². The highest BCUT2D eigenvalue weighted by atomic mass is 19.3. The molecule has 1 aliphatic rings. The van der Waals surface area contributed by atoms with Gasteiger partial charge in [0.05, 0.1) is 0 Å². The summed E-state index contributed by atoms with van der Waals surface area (Å²) in [6, 6.07) is 7.81. The molecule has 0 N–H and O–H groups in total. The van der Waals surface area contributed by atoms with Crippen molar-refractivity contribution in [3.05, 3.63) is 41.5 Å². The van der Waals surface area contributed by atoms with Crippen LogP contribution in [0.15, 0.2) is 35.5 Å². The van der Waals surface area contributed by atoms with Gasteiger partial charge in [0.15, 0.2) is 5.76 Å². The summed E-state index contributed by atoms with van der Waals surface area (Å²) < 4.78 is 26.0. The smallest absolute Gasteiger partial charge is 0.286 e. The van der Waals surface area contributed by atoms with Crippen molar-refractivity contribution in [2.45, 2.75) is 32.6 Å². The van der Waals surface area contributed by atoms with E-state index in [0.29, 0.717) is 5.76 Å². The van der Waals surface area contributed by atoms with Crippen LogP contribution in [-0.2, 0) is 11.3 Å². The second-order valence-electron chi connectivity index (χ2n) is 4.34. The maximum Gasteiger partial charge on any atom is 0.286 e. The van der Waals surface area contributed by atoms with E-state index in [1.165, 1.54) is 5.56 Å². The van der Waals surface area contributed by atoms with Crippen molar-refractivity contribution in [1.82, 2.24) is 0 Å². The number of hydrogen-bond acceptors (Lipinski definition) is 2. The van der Waals surface area contributed by atoms with E-state index in [0.717, 1.165) is 18.9 Å². The Labute approximate surface area is 105 Å². The van der Waals surface area contributed by atoms with Gasteiger partial charge in [-0.3, -0.25) is 0 Å². The van der Waals surface area contributed by atoms with Gasteiger partial charge >= 0.3 is 0 Å². The van der Waals surface area contributed by atoms with Crippen LogP contribution in [0.5, 0.6) is 0 Å². The Bertz CT molecular complexity index is 484. The maximum absolute atomic E-state index is 13.0. The predicted octanol–water partition coefficient (Wildman–Crippen LogP) is 4.02. The molecule has 0 amide bonds. The van der Waals surface area contributed by atoms with Crippen LogP contribution in [0.2, 0.25) is 0 Å². The number of nitrogens with zero attached hydrogens (tertiary/aromatic N) is 1. The van der Waals surface area contributed by atoms with Gasteiger partial charge in [-0.1, -0.05) is 36.3 Å². The molecule has 0 spiro atoms. The number of halogens is 2. The molecule has 0 saturated heterocycles. The molecule has 2 nitrogen and oxygen atoms in total. The van der Waals surface area contributed by atoms with Crippen LogP contribution in [0.1, 0.15) is 31.4 Å². The highest BCUT2D eigenvalue weighted by Crippen LogP contribution is 2.26. The van der Waals surface area contributed by atoms with Gasteiger partial charge in [-0.2, -0.15) is 0 Å². The SMILES string of the molecule is CCc1ccc(C2=CCC(C(C)(F)F)=NO2)cc1. The number of rotatable bonds is 3. The zero-order chi connectivity index (χ0) is 13.2. The second kappa shape index (κ2) is 4.88. The molecule has 0 bridgehead atoms. The molecule has 0 unspecified atom stereocenters. The van der Waals surface area contributed by atoms with Crippen molar-refractivity contribution in [1.29, 1.82) is 0 Å². The van der Waals surface area contributed by atoms with E-state index >= 15 is 0 Å². The van der Waals surface area contributed by atoms with Gasteiger partial charge in [0.25, 0.3) is 5.92 Å². The van der Waals surface area contributed by atoms with E-state index in [-0.39, 0.29) is 12.1 Å². The molecular formula is C14H15F2NO. The predicted molar refractivity (Wildman–Crippen MR) is 67.6 cm³/mol. The molecule has 0 aliphatic carbocycles. The third-order valence-corrected chi connectivity index (χ3v) is 2.89. The summed E-state index contributed by atoms with van der Waals surface area (Å²) in [4.78, 5) is 5.05. The van der Waals surface area contributed by atoms with Crippen LogP contribution in [-0.4, -0.2) is 11.6 Å². The van der Waals surface area contributed by atoms with Gasteiger partial charge in [-0.05, 0) is 18.1 Å². The maximum atomic E-state index is 13.0. The lowest BCUT2D eigenvalue weighted by Crippen LogP contribution is -2.25. The fraction of sp³-hybridized carbons (Fsp3) is 0.357. The first-order chi connectivity index (χ1) is 8.50. The summed E-state index contributed by atoms with van der Waals surface area (Å²) in [5, 5.41) is 3.50. The molecule has 1 aromatic rings. The Kier molecular flexibility index (Phi) is 3.45. The normalized spacial score (nSPS) is 15.8. The van der Waals surface area contributed by atoms with E-state index < -0.39 is 5.92 Å². The van der Waals surface area contributed by atoms with E-state index in [2.05, 4.69) is 12.1 Å². The summed E-state index contributed by atoms with van der Waals surface area (Å²) in [6.07, 6.45) is 2.72. The number of hydrogen-bond donors (Lipinski definition) is 0. The van der Waals surface area contributed by atoms with E-state index in [1.807, 2.05) is 24.3 Å². The number of aryl methyl sites for hydroxylation is 1. The third-order valence-electron chi connectivity index (χ3n) is 2.89. The average Bonchev–Trinajstić information content (AvgIpc) is 2.38. The average molecular weight is 251 g/mol. The molecule has 4 heteroatoms. The summed E-state index contributed by atoms with van der Waals surface area (Å²) in [5.74, 6) is -2.39. The minimum absolute atomic E-state index is 0.119.